The van der Waals surface area contributed by atoms with Gasteiger partial charge in [-0.1, -0.05) is 22.0 Å². The maximum absolute atomic E-state index is 10.4. The van der Waals surface area contributed by atoms with E-state index in [1.165, 1.54) is 0 Å². The first-order valence-corrected chi connectivity index (χ1v) is 5.40. The molecule has 14 heavy (non-hydrogen) atoms. The lowest BCUT2D eigenvalue weighted by Gasteiger charge is -2.21. The Balaban J connectivity index is 2.22. The van der Waals surface area contributed by atoms with Gasteiger partial charge in [0.2, 0.25) is 0 Å². The number of ether oxygens (including phenoxy) is 1. The predicted molar refractivity (Wildman–Crippen MR) is 56.0 cm³/mol. The van der Waals surface area contributed by atoms with Gasteiger partial charge < -0.3 is 15.2 Å². The van der Waals surface area contributed by atoms with Gasteiger partial charge in [-0.3, -0.25) is 0 Å². The zero-order chi connectivity index (χ0) is 9.76. The Labute approximate surface area is 90.2 Å². The molecule has 0 amide bonds. The standard InChI is InChI=1S/C10H10BrNO2/c11-6-2-1-3-7-8(6)10(13)4-5-14-9(10)12-7/h1-3,9,12-13H,4-5H2. The van der Waals surface area contributed by atoms with Crippen LogP contribution in [0.3, 0.4) is 0 Å². The second kappa shape index (κ2) is 2.72. The van der Waals surface area contributed by atoms with Crippen molar-refractivity contribution in [2.24, 2.45) is 0 Å². The van der Waals surface area contributed by atoms with E-state index >= 15 is 0 Å². The monoisotopic (exact) mass is 255 g/mol. The van der Waals surface area contributed by atoms with E-state index in [0.29, 0.717) is 13.0 Å². The van der Waals surface area contributed by atoms with E-state index in [0.717, 1.165) is 15.7 Å². The average Bonchev–Trinajstić information content (AvgIpc) is 2.59. The molecular weight excluding hydrogens is 246 g/mol. The molecule has 2 heterocycles. The summed E-state index contributed by atoms with van der Waals surface area (Å²) in [6.07, 6.45) is 0.372. The first-order valence-electron chi connectivity index (χ1n) is 4.61. The van der Waals surface area contributed by atoms with Crippen LogP contribution < -0.4 is 5.32 Å². The number of halogens is 1. The number of benzene rings is 1. The Bertz CT molecular complexity index is 396. The minimum absolute atomic E-state index is 0.281. The lowest BCUT2D eigenvalue weighted by Crippen LogP contribution is -2.34. The fourth-order valence-electron chi connectivity index (χ4n) is 2.24. The molecule has 0 bridgehead atoms. The molecule has 0 spiro atoms. The maximum Gasteiger partial charge on any atom is 0.161 e. The van der Waals surface area contributed by atoms with Gasteiger partial charge in [0.25, 0.3) is 0 Å². The van der Waals surface area contributed by atoms with Gasteiger partial charge in [0.15, 0.2) is 6.23 Å². The summed E-state index contributed by atoms with van der Waals surface area (Å²) in [6.45, 7) is 0.606. The highest BCUT2D eigenvalue weighted by molar-refractivity contribution is 9.10. The van der Waals surface area contributed by atoms with Crippen LogP contribution in [-0.4, -0.2) is 17.9 Å². The van der Waals surface area contributed by atoms with Crippen LogP contribution in [0.1, 0.15) is 12.0 Å². The molecule has 2 atom stereocenters. The minimum atomic E-state index is -0.852. The second-order valence-electron chi connectivity index (χ2n) is 3.73. The van der Waals surface area contributed by atoms with Crippen LogP contribution in [0.15, 0.2) is 22.7 Å². The fourth-order valence-corrected chi connectivity index (χ4v) is 2.95. The lowest BCUT2D eigenvalue weighted by molar-refractivity contribution is -0.0173. The summed E-state index contributed by atoms with van der Waals surface area (Å²) in [4.78, 5) is 0. The number of nitrogens with one attached hydrogen (secondary N) is 1. The summed E-state index contributed by atoms with van der Waals surface area (Å²) < 4.78 is 6.38. The highest BCUT2D eigenvalue weighted by Crippen LogP contribution is 2.48. The van der Waals surface area contributed by atoms with Crippen molar-refractivity contribution in [3.63, 3.8) is 0 Å². The van der Waals surface area contributed by atoms with E-state index in [9.17, 15) is 5.11 Å². The van der Waals surface area contributed by atoms with Gasteiger partial charge in [0.05, 0.1) is 6.61 Å². The van der Waals surface area contributed by atoms with Crippen LogP contribution in [0.2, 0.25) is 0 Å². The van der Waals surface area contributed by atoms with E-state index in [-0.39, 0.29) is 6.23 Å². The zero-order valence-corrected chi connectivity index (χ0v) is 9.04. The van der Waals surface area contributed by atoms with Crippen molar-refractivity contribution < 1.29 is 9.84 Å². The maximum atomic E-state index is 10.4. The average molecular weight is 256 g/mol. The molecular formula is C10H10BrNO2. The van der Waals surface area contributed by atoms with Crippen LogP contribution in [0.4, 0.5) is 5.69 Å². The Morgan fingerprint density at radius 3 is 3.29 bits per heavy atom. The number of anilines is 1. The number of hydrogen-bond acceptors (Lipinski definition) is 3. The number of hydrogen-bond donors (Lipinski definition) is 2. The molecule has 3 nitrogen and oxygen atoms in total. The van der Waals surface area contributed by atoms with Crippen LogP contribution in [-0.2, 0) is 10.3 Å². The van der Waals surface area contributed by atoms with E-state index < -0.39 is 5.60 Å². The molecule has 0 radical (unpaired) electrons. The first-order chi connectivity index (χ1) is 6.72. The van der Waals surface area contributed by atoms with Gasteiger partial charge in [-0.2, -0.15) is 0 Å². The molecule has 2 unspecified atom stereocenters. The molecule has 1 saturated heterocycles. The summed E-state index contributed by atoms with van der Waals surface area (Å²) in [6, 6.07) is 5.85. The predicted octanol–water partition coefficient (Wildman–Crippen LogP) is 1.81. The van der Waals surface area contributed by atoms with Crippen molar-refractivity contribution in [1.29, 1.82) is 0 Å². The van der Waals surface area contributed by atoms with Crippen LogP contribution in [0.25, 0.3) is 0 Å². The molecule has 74 valence electrons. The topological polar surface area (TPSA) is 41.5 Å². The Kier molecular flexibility index (Phi) is 1.69. The normalized spacial score (nSPS) is 33.7. The molecule has 2 aliphatic rings. The van der Waals surface area contributed by atoms with Crippen LogP contribution >= 0.6 is 15.9 Å². The third-order valence-electron chi connectivity index (χ3n) is 2.93. The summed E-state index contributed by atoms with van der Waals surface area (Å²) in [5, 5.41) is 13.6. The number of rotatable bonds is 0. The molecule has 1 fully saturated rings. The van der Waals surface area contributed by atoms with Crippen molar-refractivity contribution in [2.45, 2.75) is 18.2 Å². The van der Waals surface area contributed by atoms with E-state index in [1.54, 1.807) is 0 Å². The third kappa shape index (κ3) is 0.935. The van der Waals surface area contributed by atoms with E-state index in [2.05, 4.69) is 21.2 Å². The molecule has 2 aliphatic heterocycles. The van der Waals surface area contributed by atoms with Crippen molar-refractivity contribution in [1.82, 2.24) is 0 Å². The third-order valence-corrected chi connectivity index (χ3v) is 3.60. The lowest BCUT2D eigenvalue weighted by atomic mass is 9.93. The summed E-state index contributed by atoms with van der Waals surface area (Å²) in [7, 11) is 0. The number of aliphatic hydroxyl groups is 1. The van der Waals surface area contributed by atoms with Crippen molar-refractivity contribution >= 4 is 21.6 Å². The highest BCUT2D eigenvalue weighted by Gasteiger charge is 2.51. The Hall–Kier alpha value is -0.580. The highest BCUT2D eigenvalue weighted by atomic mass is 79.9. The van der Waals surface area contributed by atoms with Crippen molar-refractivity contribution in [2.75, 3.05) is 11.9 Å². The largest absolute Gasteiger partial charge is 0.380 e. The van der Waals surface area contributed by atoms with E-state index in [4.69, 9.17) is 4.74 Å². The van der Waals surface area contributed by atoms with Gasteiger partial charge in [-0.05, 0) is 12.1 Å². The van der Waals surface area contributed by atoms with Crippen LogP contribution in [0.5, 0.6) is 0 Å². The molecule has 1 aromatic rings. The zero-order valence-electron chi connectivity index (χ0n) is 7.46. The van der Waals surface area contributed by atoms with Crippen LogP contribution in [0, 0.1) is 0 Å². The molecule has 3 rings (SSSR count). The molecule has 4 heteroatoms. The number of fused-ring (bicyclic) bond motifs is 3. The first kappa shape index (κ1) is 8.71. The second-order valence-corrected chi connectivity index (χ2v) is 4.59. The molecule has 1 aromatic carbocycles. The molecule has 2 N–H and O–H groups in total. The molecule has 0 aliphatic carbocycles. The Morgan fingerprint density at radius 2 is 2.43 bits per heavy atom. The smallest absolute Gasteiger partial charge is 0.161 e. The Morgan fingerprint density at radius 1 is 1.57 bits per heavy atom. The van der Waals surface area contributed by atoms with Gasteiger partial charge in [-0.15, -0.1) is 0 Å². The van der Waals surface area contributed by atoms with E-state index in [1.807, 2.05) is 18.2 Å². The fraction of sp³-hybridized carbons (Fsp3) is 0.400. The van der Waals surface area contributed by atoms with Crippen molar-refractivity contribution in [3.05, 3.63) is 28.2 Å². The summed E-state index contributed by atoms with van der Waals surface area (Å²) >= 11 is 3.46. The quantitative estimate of drug-likeness (QED) is 0.743. The van der Waals surface area contributed by atoms with Gasteiger partial charge in [-0.25, -0.2) is 0 Å². The summed E-state index contributed by atoms with van der Waals surface area (Å²) in [5.41, 5.74) is 1.05. The minimum Gasteiger partial charge on any atom is -0.380 e. The van der Waals surface area contributed by atoms with Gasteiger partial charge >= 0.3 is 0 Å². The SMILES string of the molecule is OC12CCOC1Nc1cccc(Br)c12. The van der Waals surface area contributed by atoms with Crippen molar-refractivity contribution in [3.8, 4) is 0 Å². The molecule has 0 aromatic heterocycles. The molecule has 0 saturated carbocycles. The van der Waals surface area contributed by atoms with Gasteiger partial charge in [0, 0.05) is 22.1 Å². The van der Waals surface area contributed by atoms with Gasteiger partial charge in [0.1, 0.15) is 5.60 Å². The summed E-state index contributed by atoms with van der Waals surface area (Å²) in [5.74, 6) is 0.